The van der Waals surface area contributed by atoms with E-state index < -0.39 is 11.4 Å². The summed E-state index contributed by atoms with van der Waals surface area (Å²) in [4.78, 5) is 44.0. The fourth-order valence-electron chi connectivity index (χ4n) is 15.0. The lowest BCUT2D eigenvalue weighted by molar-refractivity contribution is -0.250. The predicted octanol–water partition coefficient (Wildman–Crippen LogP) is 8.38. The molecule has 53 heavy (non-hydrogen) atoms. The number of carbonyl (C=O) groups excluding carboxylic acids is 2. The second-order valence-electron chi connectivity index (χ2n) is 21.4. The molecule has 1 N–H and O–H groups in total. The van der Waals surface area contributed by atoms with Gasteiger partial charge in [-0.1, -0.05) is 46.8 Å². The van der Waals surface area contributed by atoms with Crippen molar-refractivity contribution in [3.8, 4) is 0 Å². The zero-order valence-corrected chi connectivity index (χ0v) is 34.6. The van der Waals surface area contributed by atoms with Crippen LogP contribution in [0.25, 0.3) is 0 Å². The normalized spacial score (nSPS) is 43.9. The molecule has 2 heterocycles. The van der Waals surface area contributed by atoms with Gasteiger partial charge in [0.05, 0.1) is 25.0 Å². The van der Waals surface area contributed by atoms with Crippen LogP contribution in [0.5, 0.6) is 0 Å². The van der Waals surface area contributed by atoms with E-state index in [0.29, 0.717) is 48.0 Å². The topological polar surface area (TPSA) is 96.4 Å². The lowest BCUT2D eigenvalue weighted by atomic mass is 9.32. The number of amides is 1. The highest BCUT2D eigenvalue weighted by Crippen LogP contribution is 2.78. The standard InChI is InChI=1S/C45H72N2O6/c1-29(2)31-12-18-45(26-36(48)47-21-15-30(28-47)46-22-24-52-25-23-46)20-19-43(8)32(38(31)45)10-11-34-42(7)16-14-35(53-37(49)27-40(3,4)39(50)51)41(5,6)33(42)13-17-44(34,43)9/h30-35,38H,1,10-28H2,2-9H3,(H,50,51)/t30-,31+,32-,33+,34-,35+,38-,42+,43-,44-,45-/m1/s1. The number of rotatable bonds is 8. The summed E-state index contributed by atoms with van der Waals surface area (Å²) in [6, 6.07) is 0.473. The van der Waals surface area contributed by atoms with E-state index in [-0.39, 0.29) is 45.6 Å². The lowest BCUT2D eigenvalue weighted by Crippen LogP contribution is -2.67. The van der Waals surface area contributed by atoms with Crippen molar-refractivity contribution in [3.63, 3.8) is 0 Å². The van der Waals surface area contributed by atoms with Gasteiger partial charge in [0.25, 0.3) is 0 Å². The van der Waals surface area contributed by atoms with Gasteiger partial charge in [0.2, 0.25) is 5.91 Å². The van der Waals surface area contributed by atoms with Crippen LogP contribution in [0.2, 0.25) is 0 Å². The van der Waals surface area contributed by atoms with E-state index in [4.69, 9.17) is 9.47 Å². The summed E-state index contributed by atoms with van der Waals surface area (Å²) >= 11 is 0. The number of hydrogen-bond donors (Lipinski definition) is 1. The van der Waals surface area contributed by atoms with Crippen LogP contribution in [-0.2, 0) is 23.9 Å². The molecule has 5 saturated carbocycles. The number of fused-ring (bicyclic) bond motifs is 7. The highest BCUT2D eigenvalue weighted by molar-refractivity contribution is 5.81. The van der Waals surface area contributed by atoms with Crippen molar-refractivity contribution >= 4 is 17.8 Å². The summed E-state index contributed by atoms with van der Waals surface area (Å²) in [5.74, 6) is 1.68. The van der Waals surface area contributed by atoms with Gasteiger partial charge in [0.15, 0.2) is 0 Å². The fraction of sp³-hybridized carbons (Fsp3) is 0.889. The molecule has 11 atom stereocenters. The maximum Gasteiger partial charge on any atom is 0.309 e. The fourth-order valence-corrected chi connectivity index (χ4v) is 15.0. The van der Waals surface area contributed by atoms with E-state index in [2.05, 4.69) is 57.9 Å². The molecule has 2 saturated heterocycles. The molecule has 7 rings (SSSR count). The first-order valence-electron chi connectivity index (χ1n) is 21.5. The molecule has 5 aliphatic carbocycles. The van der Waals surface area contributed by atoms with E-state index in [0.717, 1.165) is 77.9 Å². The average Bonchev–Trinajstić information content (AvgIpc) is 3.73. The molecule has 7 fully saturated rings. The van der Waals surface area contributed by atoms with E-state index in [1.165, 1.54) is 37.7 Å². The monoisotopic (exact) mass is 737 g/mol. The van der Waals surface area contributed by atoms with Crippen LogP contribution in [0.15, 0.2) is 12.2 Å². The summed E-state index contributed by atoms with van der Waals surface area (Å²) in [6.45, 7) is 28.0. The second-order valence-corrected chi connectivity index (χ2v) is 21.4. The Morgan fingerprint density at radius 1 is 0.849 bits per heavy atom. The minimum Gasteiger partial charge on any atom is -0.481 e. The number of nitrogens with zero attached hydrogens (tertiary/aromatic N) is 2. The molecule has 1 amide bonds. The van der Waals surface area contributed by atoms with Crippen molar-refractivity contribution in [3.05, 3.63) is 12.2 Å². The van der Waals surface area contributed by atoms with E-state index >= 15 is 0 Å². The minimum absolute atomic E-state index is 0.0748. The summed E-state index contributed by atoms with van der Waals surface area (Å²) < 4.78 is 11.8. The molecule has 2 aliphatic heterocycles. The van der Waals surface area contributed by atoms with Gasteiger partial charge in [-0.2, -0.15) is 0 Å². The van der Waals surface area contributed by atoms with E-state index in [9.17, 15) is 19.5 Å². The number of carboxylic acid groups (broad SMARTS) is 1. The zero-order valence-electron chi connectivity index (χ0n) is 34.6. The highest BCUT2D eigenvalue weighted by Gasteiger charge is 2.71. The molecule has 0 aromatic rings. The molecule has 8 heteroatoms. The maximum absolute atomic E-state index is 14.3. The van der Waals surface area contributed by atoms with Crippen LogP contribution < -0.4 is 0 Å². The first kappa shape index (κ1) is 39.3. The van der Waals surface area contributed by atoms with Crippen LogP contribution in [0.1, 0.15) is 139 Å². The van der Waals surface area contributed by atoms with Crippen molar-refractivity contribution in [2.24, 2.45) is 62.1 Å². The van der Waals surface area contributed by atoms with Crippen LogP contribution in [0.4, 0.5) is 0 Å². The van der Waals surface area contributed by atoms with Gasteiger partial charge in [-0.15, -0.1) is 0 Å². The number of morpholine rings is 1. The van der Waals surface area contributed by atoms with Crippen LogP contribution in [0.3, 0.4) is 0 Å². The third-order valence-corrected chi connectivity index (χ3v) is 18.2. The van der Waals surface area contributed by atoms with E-state index in [1.54, 1.807) is 13.8 Å². The Morgan fingerprint density at radius 2 is 1.57 bits per heavy atom. The first-order chi connectivity index (χ1) is 24.8. The molecular formula is C45H72N2O6. The molecule has 0 radical (unpaired) electrons. The Labute approximate surface area is 320 Å². The summed E-state index contributed by atoms with van der Waals surface area (Å²) in [5, 5.41) is 9.63. The Hall–Kier alpha value is -1.93. The molecule has 0 aromatic heterocycles. The number of ether oxygens (including phenoxy) is 2. The molecule has 0 unspecified atom stereocenters. The molecule has 8 nitrogen and oxygen atoms in total. The van der Waals surface area contributed by atoms with Crippen LogP contribution >= 0.6 is 0 Å². The molecule has 0 spiro atoms. The van der Waals surface area contributed by atoms with Crippen molar-refractivity contribution in [1.29, 1.82) is 0 Å². The quantitative estimate of drug-likeness (QED) is 0.198. The number of allylic oxidation sites excluding steroid dienone is 1. The second kappa shape index (κ2) is 13.6. The molecular weight excluding hydrogens is 665 g/mol. The number of carboxylic acids is 1. The Kier molecular flexibility index (Phi) is 10.1. The lowest BCUT2D eigenvalue weighted by Gasteiger charge is -2.73. The van der Waals surface area contributed by atoms with Gasteiger partial charge >= 0.3 is 11.9 Å². The zero-order chi connectivity index (χ0) is 38.4. The Bertz CT molecular complexity index is 1470. The molecule has 0 bridgehead atoms. The predicted molar refractivity (Wildman–Crippen MR) is 207 cm³/mol. The summed E-state index contributed by atoms with van der Waals surface area (Å²) in [6.07, 6.45) is 12.8. The SMILES string of the molecule is C=C(C)[C@@H]1CC[C@]2(CC(=O)N3CC[C@@H](N4CCOCC4)C3)CC[C@]3(C)[C@H](CC[C@@H]4[C@@]5(C)CC[C@H](OC(=O)CC(C)(C)C(=O)O)C(C)(C)[C@@H]5CC[C@]43C)[C@@H]12. The van der Waals surface area contributed by atoms with Gasteiger partial charge in [-0.3, -0.25) is 19.3 Å². The minimum atomic E-state index is -1.14. The number of likely N-dealkylation sites (tertiary alicyclic amines) is 1. The van der Waals surface area contributed by atoms with Gasteiger partial charge in [-0.25, -0.2) is 0 Å². The van der Waals surface area contributed by atoms with Crippen LogP contribution in [-0.4, -0.2) is 84.3 Å². The summed E-state index contributed by atoms with van der Waals surface area (Å²) in [5.41, 5.74) is 0.615. The largest absolute Gasteiger partial charge is 0.481 e. The summed E-state index contributed by atoms with van der Waals surface area (Å²) in [7, 11) is 0. The Morgan fingerprint density at radius 3 is 2.25 bits per heavy atom. The number of esters is 1. The maximum atomic E-state index is 14.3. The van der Waals surface area contributed by atoms with Crippen molar-refractivity contribution in [1.82, 2.24) is 9.80 Å². The van der Waals surface area contributed by atoms with Crippen molar-refractivity contribution in [2.75, 3.05) is 39.4 Å². The number of aliphatic carboxylic acids is 1. The number of hydrogen-bond acceptors (Lipinski definition) is 6. The van der Waals surface area contributed by atoms with Gasteiger partial charge in [-0.05, 0) is 143 Å². The molecule has 0 aromatic carbocycles. The van der Waals surface area contributed by atoms with Gasteiger partial charge < -0.3 is 19.5 Å². The first-order valence-corrected chi connectivity index (χ1v) is 21.5. The third kappa shape index (κ3) is 6.25. The van der Waals surface area contributed by atoms with Crippen molar-refractivity contribution < 1.29 is 29.0 Å². The molecule has 298 valence electrons. The number of carbonyl (C=O) groups is 3. The third-order valence-electron chi connectivity index (χ3n) is 18.2. The van der Waals surface area contributed by atoms with Crippen molar-refractivity contribution in [2.45, 2.75) is 151 Å². The van der Waals surface area contributed by atoms with Gasteiger partial charge in [0, 0.05) is 44.1 Å². The van der Waals surface area contributed by atoms with Gasteiger partial charge in [0.1, 0.15) is 6.10 Å². The van der Waals surface area contributed by atoms with E-state index in [1.807, 2.05) is 0 Å². The van der Waals surface area contributed by atoms with Crippen LogP contribution in [0, 0.1) is 62.1 Å². The smallest absolute Gasteiger partial charge is 0.309 e. The highest BCUT2D eigenvalue weighted by atomic mass is 16.5. The average molecular weight is 737 g/mol. The molecule has 7 aliphatic rings. The Balaban J connectivity index is 1.10.